The van der Waals surface area contributed by atoms with Crippen molar-refractivity contribution in [1.82, 2.24) is 0 Å². The number of aromatic carboxylic acids is 1. The normalized spacial score (nSPS) is 7.35. The average molecular weight is 356 g/mol. The molecule has 0 atom stereocenters. The van der Waals surface area contributed by atoms with Gasteiger partial charge in [0.05, 0.1) is 5.56 Å². The maximum atomic E-state index is 10.6. The van der Waals surface area contributed by atoms with Crippen molar-refractivity contribution >= 4 is 5.97 Å². The minimum Gasteiger partial charge on any atom is -0.478 e. The van der Waals surface area contributed by atoms with Crippen LogP contribution in [0.3, 0.4) is 0 Å². The molecule has 1 aromatic carbocycles. The molecule has 0 aliphatic carbocycles. The summed E-state index contributed by atoms with van der Waals surface area (Å²) in [6, 6.07) is 7.01. The molecule has 0 aliphatic rings. The van der Waals surface area contributed by atoms with E-state index in [1.807, 2.05) is 12.1 Å². The number of terminal acetylenes is 1. The van der Waals surface area contributed by atoms with E-state index >= 15 is 0 Å². The van der Waals surface area contributed by atoms with Crippen LogP contribution < -0.4 is 0 Å². The van der Waals surface area contributed by atoms with Crippen LogP contribution in [0.25, 0.3) is 0 Å². The van der Waals surface area contributed by atoms with Crippen LogP contribution in [0.2, 0.25) is 0 Å². The minimum absolute atomic E-state index is 0. The summed E-state index contributed by atoms with van der Waals surface area (Å²) in [5, 5.41) is 8.68. The van der Waals surface area contributed by atoms with E-state index in [2.05, 4.69) is 74.1 Å². The Balaban J connectivity index is -0.0000000603. The second kappa shape index (κ2) is 14.7. The van der Waals surface area contributed by atoms with Crippen LogP contribution in [0, 0.1) is 69.6 Å². The van der Waals surface area contributed by atoms with E-state index in [0.717, 1.165) is 5.56 Å². The molecular weight excluding hydrogens is 328 g/mol. The molecule has 0 aliphatic heterocycles. The molecule has 0 saturated carbocycles. The average Bonchev–Trinajstić information content (AvgIpc) is 2.62. The summed E-state index contributed by atoms with van der Waals surface area (Å²) in [5.41, 5.74) is 1.57. The van der Waals surface area contributed by atoms with E-state index in [1.165, 1.54) is 0 Å². The Morgan fingerprint density at radius 3 is 1.69 bits per heavy atom. The number of carbonyl (C=O) groups is 1. The lowest BCUT2D eigenvalue weighted by Gasteiger charge is -2.18. The molecule has 4 nitrogen and oxygen atoms in total. The summed E-state index contributed by atoms with van der Waals surface area (Å²) >= 11 is 0. The zero-order valence-electron chi connectivity index (χ0n) is 15.1. The molecule has 0 saturated heterocycles. The highest BCUT2D eigenvalue weighted by Crippen LogP contribution is 2.21. The highest BCUT2D eigenvalue weighted by atomic mass is 16.7. The third kappa shape index (κ3) is 12.6. The summed E-state index contributed by atoms with van der Waals surface area (Å²) < 4.78 is 0. The van der Waals surface area contributed by atoms with Crippen molar-refractivity contribution in [2.45, 2.75) is 33.1 Å². The van der Waals surface area contributed by atoms with Gasteiger partial charge < -0.3 is 5.11 Å². The lowest BCUT2D eigenvalue weighted by molar-refractivity contribution is 0.0697. The molecule has 0 bridgehead atoms. The van der Waals surface area contributed by atoms with Crippen molar-refractivity contribution in [3.8, 4) is 59.7 Å². The quantitative estimate of drug-likeness (QED) is 0.745. The summed E-state index contributed by atoms with van der Waals surface area (Å²) in [4.78, 5) is 24.6. The van der Waals surface area contributed by atoms with Gasteiger partial charge in [0, 0.05) is 17.1 Å². The molecular formula is C22H28O4. The minimum atomic E-state index is -0.875. The summed E-state index contributed by atoms with van der Waals surface area (Å²) in [5.74, 6) is 21.1. The first-order valence-corrected chi connectivity index (χ1v) is 7.20. The standard InChI is InChI=1S/C11H14O2.C11H4.O2.5H2/c1-11(2,3)9-6-4-8(5-7-9)10(12)13;1-3-5-7-9-11-10-8-6-4-2;1-2;;;;;/h4-7H,1-3H3,(H,12,13);1H,2H3;;5*1H. The molecule has 1 N–H and O–H groups in total. The van der Waals surface area contributed by atoms with Gasteiger partial charge in [-0.25, -0.2) is 4.79 Å². The molecule has 0 spiro atoms. The Labute approximate surface area is 162 Å². The summed E-state index contributed by atoms with van der Waals surface area (Å²) in [7, 11) is 0. The fourth-order valence-electron chi connectivity index (χ4n) is 1.37. The Morgan fingerprint density at radius 1 is 0.923 bits per heavy atom. The van der Waals surface area contributed by atoms with Gasteiger partial charge in [0.2, 0.25) is 0 Å². The molecule has 26 heavy (non-hydrogen) atoms. The van der Waals surface area contributed by atoms with Crippen LogP contribution in [-0.2, 0) is 5.41 Å². The molecule has 0 heterocycles. The van der Waals surface area contributed by atoms with Crippen LogP contribution in [0.1, 0.15) is 50.7 Å². The first kappa shape index (κ1) is 24.3. The van der Waals surface area contributed by atoms with Gasteiger partial charge in [-0.05, 0) is 77.4 Å². The van der Waals surface area contributed by atoms with Crippen molar-refractivity contribution < 1.29 is 17.0 Å². The van der Waals surface area contributed by atoms with Gasteiger partial charge >= 0.3 is 5.97 Å². The highest BCUT2D eigenvalue weighted by molar-refractivity contribution is 5.87. The van der Waals surface area contributed by atoms with Gasteiger partial charge in [0.15, 0.2) is 0 Å². The first-order chi connectivity index (χ1) is 12.3. The van der Waals surface area contributed by atoms with Crippen LogP contribution in [0.15, 0.2) is 24.3 Å². The topological polar surface area (TPSA) is 71.4 Å². The second-order valence-corrected chi connectivity index (χ2v) is 5.40. The second-order valence-electron chi connectivity index (χ2n) is 5.40. The van der Waals surface area contributed by atoms with Crippen molar-refractivity contribution in [3.63, 3.8) is 0 Å². The molecule has 0 radical (unpaired) electrons. The van der Waals surface area contributed by atoms with Crippen molar-refractivity contribution in [3.05, 3.63) is 45.3 Å². The number of benzene rings is 1. The van der Waals surface area contributed by atoms with Crippen LogP contribution in [0.4, 0.5) is 0 Å². The number of hydrogen-bond acceptors (Lipinski definition) is 3. The van der Waals surface area contributed by atoms with Gasteiger partial charge in [-0.1, -0.05) is 38.8 Å². The van der Waals surface area contributed by atoms with Gasteiger partial charge in [-0.2, -0.15) is 0 Å². The van der Waals surface area contributed by atoms with Gasteiger partial charge in [0.25, 0.3) is 0 Å². The Kier molecular flexibility index (Phi) is 13.7. The molecule has 0 aromatic heterocycles. The predicted molar refractivity (Wildman–Crippen MR) is 115 cm³/mol. The molecule has 0 fully saturated rings. The Bertz CT molecular complexity index is 884. The zero-order valence-corrected chi connectivity index (χ0v) is 15.1. The van der Waals surface area contributed by atoms with Crippen molar-refractivity contribution in [2.75, 3.05) is 0 Å². The summed E-state index contributed by atoms with van der Waals surface area (Å²) in [6.07, 6.45) is 4.84. The lowest BCUT2D eigenvalue weighted by atomic mass is 9.87. The summed E-state index contributed by atoms with van der Waals surface area (Å²) in [6.45, 7) is 8.01. The maximum Gasteiger partial charge on any atom is 0.335 e. The van der Waals surface area contributed by atoms with Crippen molar-refractivity contribution in [2.24, 2.45) is 0 Å². The van der Waals surface area contributed by atoms with Gasteiger partial charge in [-0.3, -0.25) is 0 Å². The molecule has 0 unspecified atom stereocenters. The first-order valence-electron chi connectivity index (χ1n) is 7.20. The van der Waals surface area contributed by atoms with E-state index in [-0.39, 0.29) is 12.5 Å². The smallest absolute Gasteiger partial charge is 0.335 e. The van der Waals surface area contributed by atoms with E-state index < -0.39 is 5.97 Å². The molecule has 0 amide bonds. The van der Waals surface area contributed by atoms with E-state index in [9.17, 15) is 4.79 Å². The highest BCUT2D eigenvalue weighted by Gasteiger charge is 2.13. The third-order valence-electron chi connectivity index (χ3n) is 2.57. The molecule has 1 aromatic rings. The maximum absolute atomic E-state index is 10.6. The zero-order chi connectivity index (χ0) is 20.4. The molecule has 140 valence electrons. The van der Waals surface area contributed by atoms with E-state index in [0.29, 0.717) is 5.56 Å². The SMILES string of the molecule is C#CC#CC#CC#CC#CC.CC(C)(C)c1ccc(C(=O)O)cc1.O=O.[HH].[HH].[HH].[HH].[HH]. The number of carboxylic acids is 1. The van der Waals surface area contributed by atoms with E-state index in [4.69, 9.17) is 21.5 Å². The molecule has 4 heteroatoms. The predicted octanol–water partition coefficient (Wildman–Crippen LogP) is 4.63. The molecule has 1 rings (SSSR count). The third-order valence-corrected chi connectivity index (χ3v) is 2.57. The Morgan fingerprint density at radius 2 is 1.35 bits per heavy atom. The number of rotatable bonds is 1. The largest absolute Gasteiger partial charge is 0.478 e. The van der Waals surface area contributed by atoms with Crippen LogP contribution in [0.5, 0.6) is 0 Å². The van der Waals surface area contributed by atoms with E-state index in [1.54, 1.807) is 19.1 Å². The number of carboxylic acid groups (broad SMARTS) is 1. The van der Waals surface area contributed by atoms with Crippen molar-refractivity contribution in [1.29, 1.82) is 0 Å². The fraction of sp³-hybridized carbons (Fsp3) is 0.227. The van der Waals surface area contributed by atoms with Gasteiger partial charge in [-0.15, -0.1) is 6.42 Å². The fourth-order valence-corrected chi connectivity index (χ4v) is 1.37. The monoisotopic (exact) mass is 356 g/mol. The van der Waals surface area contributed by atoms with Gasteiger partial charge in [0.1, 0.15) is 0 Å². The Hall–Kier alpha value is -3.91. The van der Waals surface area contributed by atoms with Crippen LogP contribution >= 0.6 is 0 Å². The van der Waals surface area contributed by atoms with Crippen LogP contribution in [-0.4, -0.2) is 11.1 Å². The lowest BCUT2D eigenvalue weighted by Crippen LogP contribution is -2.11. The number of hydrogen-bond donors (Lipinski definition) is 1.